The molecule has 1 heterocycles. The molecular weight excluding hydrogens is 1420 g/mol. The van der Waals surface area contributed by atoms with Gasteiger partial charge in [0.1, 0.15) is 69.1 Å². The molecule has 0 radical (unpaired) electrons. The van der Waals surface area contributed by atoms with Gasteiger partial charge in [0.2, 0.25) is 0 Å². The lowest BCUT2D eigenvalue weighted by Crippen LogP contribution is -2.31. The van der Waals surface area contributed by atoms with E-state index < -0.39 is 45.7 Å². The number of anilines is 6. The highest BCUT2D eigenvalue weighted by Crippen LogP contribution is 2.61. The highest BCUT2D eigenvalue weighted by molar-refractivity contribution is 6.07. The number of halogens is 6. The Bertz CT molecular complexity index is 6180. The van der Waals surface area contributed by atoms with Crippen molar-refractivity contribution >= 4 is 68.2 Å². The molecule has 2 aliphatic rings. The van der Waals surface area contributed by atoms with Gasteiger partial charge in [-0.2, -0.15) is 0 Å². The molecule has 2 atom stereocenters. The fraction of sp³-hybridized carbons (Fsp3) is 0.0196. The molecule has 113 heavy (non-hydrogen) atoms. The summed E-state index contributed by atoms with van der Waals surface area (Å²) in [6.45, 7) is 7.73. The lowest BCUT2D eigenvalue weighted by molar-refractivity contribution is 0.481. The number of hydrogen-bond acceptors (Lipinski definition) is 5. The zero-order valence-corrected chi connectivity index (χ0v) is 60.4. The predicted molar refractivity (Wildman–Crippen MR) is 442 cm³/mol. The minimum Gasteiger partial charge on any atom is -0.457 e. The van der Waals surface area contributed by atoms with Crippen molar-refractivity contribution in [2.45, 2.75) is 10.8 Å². The quantitative estimate of drug-likeness (QED) is 0.0801. The van der Waals surface area contributed by atoms with Crippen molar-refractivity contribution in [3.8, 4) is 67.5 Å². The van der Waals surface area contributed by atoms with Gasteiger partial charge in [0, 0.05) is 68.2 Å². The van der Waals surface area contributed by atoms with E-state index in [9.17, 15) is 0 Å². The van der Waals surface area contributed by atoms with E-state index in [0.29, 0.717) is 79.2 Å². The third kappa shape index (κ3) is 11.7. The van der Waals surface area contributed by atoms with Crippen molar-refractivity contribution in [3.63, 3.8) is 0 Å². The minimum atomic E-state index is -1.47. The first-order valence-corrected chi connectivity index (χ1v) is 37.0. The molecule has 0 fully saturated rings. The van der Waals surface area contributed by atoms with Crippen molar-refractivity contribution in [1.82, 2.24) is 0 Å². The van der Waals surface area contributed by atoms with Crippen LogP contribution in [0.15, 0.2) is 369 Å². The summed E-state index contributed by atoms with van der Waals surface area (Å²) in [7, 11) is 0. The Morgan fingerprint density at radius 3 is 0.982 bits per heavy atom. The Morgan fingerprint density at radius 1 is 0.274 bits per heavy atom. The Kier molecular flexibility index (Phi) is 17.1. The second-order valence-corrected chi connectivity index (χ2v) is 28.3. The average molecular weight is 1480 g/mol. The second kappa shape index (κ2) is 27.9. The molecule has 2 aliphatic carbocycles. The summed E-state index contributed by atoms with van der Waals surface area (Å²) in [5.41, 5.74) is 14.6. The standard InChI is InChI=1S/C102H64F6N2O3/c1-3-63-25-45-79(46-26-63)111-81-49-31-69(32-50-81)101(99-93(105)21-11-22-94(99)106)89-19-7-5-17-83(89)85-53-29-67(59-91(85)101)65-13-9-15-75(57-65)109(73-39-35-71(103)36-40-73)77-43-55-87-88-56-44-78(62-98(88)113-97(87)61-77)110(74-41-37-72(104)38-42-74)76-16-10-14-66(58-76)68-30-54-86-84-18-6-8-20-90(84)102(92(86)60-68,100-95(107)23-12-24-96(100)108)70-33-51-82(52-34-70)112-80-47-27-64(4-2)28-48-80/h3-62H,1-2H2. The zero-order chi connectivity index (χ0) is 76.6. The predicted octanol–water partition coefficient (Wildman–Crippen LogP) is 28.3. The van der Waals surface area contributed by atoms with E-state index in [0.717, 1.165) is 88.9 Å². The molecule has 0 spiro atoms. The lowest BCUT2D eigenvalue weighted by Gasteiger charge is -2.34. The third-order valence-electron chi connectivity index (χ3n) is 22.0. The molecule has 5 nitrogen and oxygen atoms in total. The molecule has 1 aromatic heterocycles. The molecule has 16 aromatic carbocycles. The van der Waals surface area contributed by atoms with Crippen LogP contribution in [0, 0.1) is 34.9 Å². The lowest BCUT2D eigenvalue weighted by atomic mass is 9.67. The maximum atomic E-state index is 17.0. The van der Waals surface area contributed by atoms with Gasteiger partial charge in [-0.3, -0.25) is 0 Å². The Labute approximate surface area is 648 Å². The molecule has 0 N–H and O–H groups in total. The Morgan fingerprint density at radius 2 is 0.602 bits per heavy atom. The number of ether oxygens (including phenoxy) is 2. The van der Waals surface area contributed by atoms with E-state index in [1.54, 1.807) is 36.4 Å². The van der Waals surface area contributed by atoms with E-state index in [2.05, 4.69) is 13.2 Å². The van der Waals surface area contributed by atoms with Crippen LogP contribution in [0.3, 0.4) is 0 Å². The first-order valence-electron chi connectivity index (χ1n) is 37.0. The van der Waals surface area contributed by atoms with Gasteiger partial charge in [-0.1, -0.05) is 183 Å². The van der Waals surface area contributed by atoms with Crippen molar-refractivity contribution in [2.24, 2.45) is 0 Å². The number of rotatable bonds is 18. The van der Waals surface area contributed by atoms with Gasteiger partial charge in [0.25, 0.3) is 0 Å². The summed E-state index contributed by atoms with van der Waals surface area (Å²) in [6.07, 6.45) is 3.52. The van der Waals surface area contributed by atoms with Crippen LogP contribution in [0.25, 0.3) is 78.6 Å². The number of fused-ring (bicyclic) bond motifs is 9. The van der Waals surface area contributed by atoms with E-state index in [1.165, 1.54) is 60.7 Å². The molecule has 2 unspecified atom stereocenters. The monoisotopic (exact) mass is 1480 g/mol. The Balaban J connectivity index is 0.685. The first-order chi connectivity index (χ1) is 55.3. The van der Waals surface area contributed by atoms with Crippen molar-refractivity contribution < 1.29 is 40.2 Å². The van der Waals surface area contributed by atoms with Crippen LogP contribution in [0.5, 0.6) is 23.0 Å². The van der Waals surface area contributed by atoms with Crippen LogP contribution in [-0.4, -0.2) is 0 Å². The van der Waals surface area contributed by atoms with Gasteiger partial charge >= 0.3 is 0 Å². The number of furan rings is 1. The van der Waals surface area contributed by atoms with E-state index >= 15 is 26.3 Å². The smallest absolute Gasteiger partial charge is 0.137 e. The average Bonchev–Trinajstić information content (AvgIpc) is 1.55. The Hall–Kier alpha value is -14.4. The van der Waals surface area contributed by atoms with E-state index in [1.807, 2.05) is 277 Å². The van der Waals surface area contributed by atoms with Crippen molar-refractivity contribution in [2.75, 3.05) is 9.80 Å². The molecule has 17 aromatic rings. The molecule has 0 bridgehead atoms. The summed E-state index contributed by atoms with van der Waals surface area (Å²) in [4.78, 5) is 4.06. The molecule has 542 valence electrons. The van der Waals surface area contributed by atoms with Crippen molar-refractivity contribution in [3.05, 3.63) is 456 Å². The molecule has 0 saturated heterocycles. The fourth-order valence-electron chi connectivity index (χ4n) is 17.0. The summed E-state index contributed by atoms with van der Waals surface area (Å²) in [5, 5.41) is 1.66. The van der Waals surface area contributed by atoms with Gasteiger partial charge in [-0.25, -0.2) is 26.3 Å². The number of benzene rings is 16. The van der Waals surface area contributed by atoms with E-state index in [4.69, 9.17) is 13.9 Å². The number of hydrogen-bond donors (Lipinski definition) is 0. The van der Waals surface area contributed by atoms with Gasteiger partial charge < -0.3 is 23.7 Å². The van der Waals surface area contributed by atoms with Crippen LogP contribution in [0.2, 0.25) is 0 Å². The topological polar surface area (TPSA) is 38.1 Å². The third-order valence-corrected chi connectivity index (χ3v) is 22.0. The van der Waals surface area contributed by atoms with Crippen LogP contribution < -0.4 is 19.3 Å². The largest absolute Gasteiger partial charge is 0.457 e. The fourth-order valence-corrected chi connectivity index (χ4v) is 17.0. The van der Waals surface area contributed by atoms with Crippen LogP contribution in [0.4, 0.5) is 60.5 Å². The molecular formula is C102H64F6N2O3. The maximum absolute atomic E-state index is 17.0. The summed E-state index contributed by atoms with van der Waals surface area (Å²) in [5.74, 6) is -1.27. The molecule has 19 rings (SSSR count). The highest BCUT2D eigenvalue weighted by atomic mass is 19.2. The van der Waals surface area contributed by atoms with Gasteiger partial charge in [0.05, 0.1) is 10.8 Å². The first kappa shape index (κ1) is 69.1. The summed E-state index contributed by atoms with van der Waals surface area (Å²) >= 11 is 0. The van der Waals surface area contributed by atoms with Crippen LogP contribution in [0.1, 0.15) is 55.6 Å². The molecule has 11 heteroatoms. The minimum absolute atomic E-state index is 0.105. The molecule has 0 aliphatic heterocycles. The summed E-state index contributed by atoms with van der Waals surface area (Å²) < 4.78 is 118. The highest BCUT2D eigenvalue weighted by Gasteiger charge is 2.51. The summed E-state index contributed by atoms with van der Waals surface area (Å²) in [6, 6.07) is 106. The molecule has 0 amide bonds. The SMILES string of the molecule is C=Cc1ccc(Oc2ccc(C3(c4c(F)cccc4F)c4ccccc4-c4ccc(-c5cccc(N(c6ccc(F)cc6)c6ccc7c(c6)oc6cc(N(c8ccc(F)cc8)c8cccc(-c9ccc%10c(c9)C(c9ccc(Oc%11ccc(C=C)cc%11)cc9)(c9c(F)cccc9F)c9ccccc9-%10)c8)ccc67)c5)cc43)cc2)cc1. The maximum Gasteiger partial charge on any atom is 0.137 e. The number of nitrogens with zero attached hydrogens (tertiary/aromatic N) is 2. The van der Waals surface area contributed by atoms with Gasteiger partial charge in [-0.05, 0) is 271 Å². The van der Waals surface area contributed by atoms with Gasteiger partial charge in [-0.15, -0.1) is 0 Å². The van der Waals surface area contributed by atoms with Crippen LogP contribution >= 0.6 is 0 Å². The zero-order valence-electron chi connectivity index (χ0n) is 60.4. The second-order valence-electron chi connectivity index (χ2n) is 28.3. The van der Waals surface area contributed by atoms with Crippen LogP contribution in [-0.2, 0) is 10.8 Å². The van der Waals surface area contributed by atoms with E-state index in [-0.39, 0.29) is 11.1 Å². The normalized spacial score (nSPS) is 14.4. The van der Waals surface area contributed by atoms with Gasteiger partial charge in [0.15, 0.2) is 0 Å². The van der Waals surface area contributed by atoms with Crippen molar-refractivity contribution in [1.29, 1.82) is 0 Å². The molecule has 0 saturated carbocycles.